The van der Waals surface area contributed by atoms with E-state index in [1.165, 1.54) is 11.3 Å². The third-order valence-electron chi connectivity index (χ3n) is 3.47. The molecule has 0 spiro atoms. The number of aryl methyl sites for hydroxylation is 2. The molecule has 0 amide bonds. The molecule has 4 nitrogen and oxygen atoms in total. The summed E-state index contributed by atoms with van der Waals surface area (Å²) in [5.74, 6) is 1.65. The van der Waals surface area contributed by atoms with E-state index in [4.69, 9.17) is 15.2 Å². The molecule has 0 saturated carbocycles. The number of nitrogens with two attached hydrogens (primary N) is 1. The number of benzene rings is 1. The molecule has 1 aromatic heterocycles. The largest absolute Gasteiger partial charge is 0.497 e. The molecule has 0 atom stereocenters. The Morgan fingerprint density at radius 1 is 1.22 bits per heavy atom. The van der Waals surface area contributed by atoms with E-state index in [0.29, 0.717) is 6.54 Å². The van der Waals surface area contributed by atoms with Gasteiger partial charge in [-0.3, -0.25) is 0 Å². The Labute approximate surface area is 107 Å². The minimum Gasteiger partial charge on any atom is -0.497 e. The van der Waals surface area contributed by atoms with Crippen LogP contribution in [0.4, 0.5) is 0 Å². The van der Waals surface area contributed by atoms with Gasteiger partial charge < -0.3 is 19.8 Å². The summed E-state index contributed by atoms with van der Waals surface area (Å²) in [6.07, 6.45) is 0.864. The van der Waals surface area contributed by atoms with E-state index in [1.807, 2.05) is 12.1 Å². The van der Waals surface area contributed by atoms with Crippen molar-refractivity contribution in [3.63, 3.8) is 0 Å². The SMILES string of the molecule is COc1cc(OC)c2c(C)c(CCN)n(C)c2c1. The molecule has 1 aromatic carbocycles. The zero-order valence-electron chi connectivity index (χ0n) is 11.4. The first-order chi connectivity index (χ1) is 8.63. The lowest BCUT2D eigenvalue weighted by Gasteiger charge is -2.07. The van der Waals surface area contributed by atoms with Gasteiger partial charge in [0.15, 0.2) is 0 Å². The van der Waals surface area contributed by atoms with Crippen LogP contribution in [-0.2, 0) is 13.5 Å². The second kappa shape index (κ2) is 4.90. The van der Waals surface area contributed by atoms with Crippen LogP contribution >= 0.6 is 0 Å². The Kier molecular flexibility index (Phi) is 3.48. The Morgan fingerprint density at radius 3 is 2.50 bits per heavy atom. The minimum absolute atomic E-state index is 0.643. The zero-order valence-corrected chi connectivity index (χ0v) is 11.4. The van der Waals surface area contributed by atoms with E-state index in [2.05, 4.69) is 18.5 Å². The summed E-state index contributed by atoms with van der Waals surface area (Å²) < 4.78 is 13.0. The Hall–Kier alpha value is -1.68. The van der Waals surface area contributed by atoms with Crippen molar-refractivity contribution >= 4 is 10.9 Å². The molecule has 18 heavy (non-hydrogen) atoms. The van der Waals surface area contributed by atoms with Gasteiger partial charge in [0.05, 0.1) is 19.7 Å². The number of fused-ring (bicyclic) bond motifs is 1. The van der Waals surface area contributed by atoms with Crippen LogP contribution in [0.5, 0.6) is 11.5 Å². The fourth-order valence-corrected chi connectivity index (χ4v) is 2.53. The first kappa shape index (κ1) is 12.8. The molecule has 0 aliphatic carbocycles. The molecule has 2 aromatic rings. The normalized spacial score (nSPS) is 10.9. The van der Waals surface area contributed by atoms with Crippen LogP contribution in [0.3, 0.4) is 0 Å². The lowest BCUT2D eigenvalue weighted by molar-refractivity contribution is 0.398. The summed E-state index contributed by atoms with van der Waals surface area (Å²) in [5.41, 5.74) is 9.28. The highest BCUT2D eigenvalue weighted by molar-refractivity contribution is 5.92. The highest BCUT2D eigenvalue weighted by atomic mass is 16.5. The topological polar surface area (TPSA) is 49.4 Å². The molecule has 0 saturated heterocycles. The van der Waals surface area contributed by atoms with Gasteiger partial charge in [0.25, 0.3) is 0 Å². The van der Waals surface area contributed by atoms with Crippen molar-refractivity contribution in [3.8, 4) is 11.5 Å². The Morgan fingerprint density at radius 2 is 1.94 bits per heavy atom. The number of hydrogen-bond acceptors (Lipinski definition) is 3. The van der Waals surface area contributed by atoms with Crippen LogP contribution in [0.2, 0.25) is 0 Å². The number of ether oxygens (including phenoxy) is 2. The van der Waals surface area contributed by atoms with Crippen LogP contribution in [0.15, 0.2) is 12.1 Å². The van der Waals surface area contributed by atoms with Gasteiger partial charge in [-0.05, 0) is 19.0 Å². The number of aromatic nitrogens is 1. The average molecular weight is 248 g/mol. The summed E-state index contributed by atoms with van der Waals surface area (Å²) in [5, 5.41) is 1.14. The van der Waals surface area contributed by atoms with Crippen LogP contribution in [-0.4, -0.2) is 25.3 Å². The molecule has 2 N–H and O–H groups in total. The maximum absolute atomic E-state index is 5.68. The lowest BCUT2D eigenvalue weighted by Crippen LogP contribution is -2.07. The lowest BCUT2D eigenvalue weighted by atomic mass is 10.1. The van der Waals surface area contributed by atoms with Crippen molar-refractivity contribution in [2.24, 2.45) is 12.8 Å². The molecular weight excluding hydrogens is 228 g/mol. The number of nitrogens with zero attached hydrogens (tertiary/aromatic N) is 1. The summed E-state index contributed by atoms with van der Waals surface area (Å²) >= 11 is 0. The molecule has 0 aliphatic heterocycles. The smallest absolute Gasteiger partial charge is 0.132 e. The predicted octanol–water partition coefficient (Wildman–Crippen LogP) is 2.01. The Balaban J connectivity index is 2.79. The average Bonchev–Trinajstić information content (AvgIpc) is 2.63. The maximum atomic E-state index is 5.68. The monoisotopic (exact) mass is 248 g/mol. The van der Waals surface area contributed by atoms with Gasteiger partial charge in [0.1, 0.15) is 11.5 Å². The number of hydrogen-bond donors (Lipinski definition) is 1. The van der Waals surface area contributed by atoms with Gasteiger partial charge in [0, 0.05) is 36.7 Å². The summed E-state index contributed by atoms with van der Waals surface area (Å²) in [7, 11) is 5.40. The third kappa shape index (κ3) is 1.82. The maximum Gasteiger partial charge on any atom is 0.132 e. The van der Waals surface area contributed by atoms with Crippen LogP contribution < -0.4 is 15.2 Å². The molecule has 0 bridgehead atoms. The van der Waals surface area contributed by atoms with E-state index >= 15 is 0 Å². The minimum atomic E-state index is 0.643. The molecular formula is C14H20N2O2. The predicted molar refractivity (Wildman–Crippen MR) is 73.5 cm³/mol. The standard InChI is InChI=1S/C14H20N2O2/c1-9-11(5-6-15)16(2)12-7-10(17-3)8-13(18-4)14(9)12/h7-8H,5-6,15H2,1-4H3. The molecule has 0 radical (unpaired) electrons. The summed E-state index contributed by atoms with van der Waals surface area (Å²) in [6, 6.07) is 3.95. The Bertz CT molecular complexity index is 573. The number of methoxy groups -OCH3 is 2. The first-order valence-electron chi connectivity index (χ1n) is 6.04. The van der Waals surface area contributed by atoms with Gasteiger partial charge >= 0.3 is 0 Å². The van der Waals surface area contributed by atoms with Crippen molar-refractivity contribution < 1.29 is 9.47 Å². The highest BCUT2D eigenvalue weighted by Gasteiger charge is 2.16. The van der Waals surface area contributed by atoms with Gasteiger partial charge in [-0.25, -0.2) is 0 Å². The van der Waals surface area contributed by atoms with Gasteiger partial charge in [-0.2, -0.15) is 0 Å². The van der Waals surface area contributed by atoms with E-state index in [0.717, 1.165) is 28.8 Å². The second-order valence-electron chi connectivity index (χ2n) is 4.39. The zero-order chi connectivity index (χ0) is 13.3. The van der Waals surface area contributed by atoms with E-state index in [1.54, 1.807) is 14.2 Å². The van der Waals surface area contributed by atoms with Gasteiger partial charge in [-0.15, -0.1) is 0 Å². The molecule has 0 aliphatic rings. The van der Waals surface area contributed by atoms with Crippen molar-refractivity contribution in [2.45, 2.75) is 13.3 Å². The second-order valence-corrected chi connectivity index (χ2v) is 4.39. The van der Waals surface area contributed by atoms with Gasteiger partial charge in [-0.1, -0.05) is 0 Å². The first-order valence-corrected chi connectivity index (χ1v) is 6.04. The number of rotatable bonds is 4. The van der Waals surface area contributed by atoms with Crippen molar-refractivity contribution in [1.29, 1.82) is 0 Å². The van der Waals surface area contributed by atoms with Crippen LogP contribution in [0.1, 0.15) is 11.3 Å². The third-order valence-corrected chi connectivity index (χ3v) is 3.47. The van der Waals surface area contributed by atoms with Crippen molar-refractivity contribution in [2.75, 3.05) is 20.8 Å². The van der Waals surface area contributed by atoms with Crippen LogP contribution in [0.25, 0.3) is 10.9 Å². The molecule has 0 fully saturated rings. The van der Waals surface area contributed by atoms with Gasteiger partial charge in [0.2, 0.25) is 0 Å². The van der Waals surface area contributed by atoms with Crippen LogP contribution in [0, 0.1) is 6.92 Å². The van der Waals surface area contributed by atoms with E-state index in [9.17, 15) is 0 Å². The molecule has 98 valence electrons. The summed E-state index contributed by atoms with van der Waals surface area (Å²) in [4.78, 5) is 0. The fraction of sp³-hybridized carbons (Fsp3) is 0.429. The molecule has 0 unspecified atom stereocenters. The van der Waals surface area contributed by atoms with Crippen molar-refractivity contribution in [1.82, 2.24) is 4.57 Å². The molecule has 1 heterocycles. The quantitative estimate of drug-likeness (QED) is 0.900. The molecule has 4 heteroatoms. The summed E-state index contributed by atoms with van der Waals surface area (Å²) in [6.45, 7) is 2.76. The van der Waals surface area contributed by atoms with E-state index in [-0.39, 0.29) is 0 Å². The fourth-order valence-electron chi connectivity index (χ4n) is 2.53. The van der Waals surface area contributed by atoms with Crippen molar-refractivity contribution in [3.05, 3.63) is 23.4 Å². The molecule has 2 rings (SSSR count). The highest BCUT2D eigenvalue weighted by Crippen LogP contribution is 2.36. The van der Waals surface area contributed by atoms with E-state index < -0.39 is 0 Å².